The first-order valence-corrected chi connectivity index (χ1v) is 17.4. The molecule has 1 amide bonds. The Morgan fingerprint density at radius 2 is 1.75 bits per heavy atom. The van der Waals surface area contributed by atoms with Gasteiger partial charge in [0.1, 0.15) is 22.6 Å². The molecule has 1 fully saturated rings. The zero-order chi connectivity index (χ0) is 33.5. The van der Waals surface area contributed by atoms with Gasteiger partial charge in [0, 0.05) is 35.4 Å². The van der Waals surface area contributed by atoms with Crippen molar-refractivity contribution < 1.29 is 14.6 Å². The molecule has 3 aromatic carbocycles. The number of carbonyl (C=O) groups is 1. The van der Waals surface area contributed by atoms with Crippen LogP contribution >= 0.6 is 11.3 Å². The Morgan fingerprint density at radius 3 is 2.50 bits per heavy atom. The molecule has 1 aliphatic heterocycles. The average Bonchev–Trinajstić information content (AvgIpc) is 3.57. The van der Waals surface area contributed by atoms with Gasteiger partial charge in [-0.15, -0.1) is 11.3 Å². The second-order valence-corrected chi connectivity index (χ2v) is 13.2. The summed E-state index contributed by atoms with van der Waals surface area (Å²) in [4.78, 5) is 31.1. The van der Waals surface area contributed by atoms with Crippen molar-refractivity contribution in [3.8, 4) is 16.3 Å². The first-order valence-electron chi connectivity index (χ1n) is 16.5. The summed E-state index contributed by atoms with van der Waals surface area (Å²) in [5, 5.41) is 16.8. The second-order valence-electron chi connectivity index (χ2n) is 12.3. The van der Waals surface area contributed by atoms with Crippen LogP contribution in [0.2, 0.25) is 0 Å². The van der Waals surface area contributed by atoms with E-state index in [0.717, 1.165) is 57.2 Å². The maximum Gasteiger partial charge on any atom is 0.413 e. The number of ether oxygens (including phenoxy) is 1. The lowest BCUT2D eigenvalue weighted by Gasteiger charge is -2.30. The van der Waals surface area contributed by atoms with Crippen molar-refractivity contribution in [2.75, 3.05) is 36.5 Å². The molecule has 2 N–H and O–H groups in total. The van der Waals surface area contributed by atoms with Crippen LogP contribution < -0.4 is 15.0 Å². The molecule has 1 unspecified atom stereocenters. The molecule has 0 bridgehead atoms. The smallest absolute Gasteiger partial charge is 0.413 e. The molecule has 0 spiro atoms. The number of piperidine rings is 1. The number of thiazole rings is 1. The number of aromatic nitrogens is 3. The van der Waals surface area contributed by atoms with Crippen molar-refractivity contribution in [3.63, 3.8) is 0 Å². The van der Waals surface area contributed by atoms with Crippen molar-refractivity contribution in [1.29, 1.82) is 0 Å². The summed E-state index contributed by atoms with van der Waals surface area (Å²) in [5.74, 6) is 1.27. The van der Waals surface area contributed by atoms with E-state index in [-0.39, 0.29) is 11.8 Å². The summed E-state index contributed by atoms with van der Waals surface area (Å²) < 4.78 is 6.06. The highest BCUT2D eigenvalue weighted by Gasteiger charge is 2.34. The molecule has 10 heteroatoms. The zero-order valence-corrected chi connectivity index (χ0v) is 28.5. The molecule has 9 nitrogen and oxygen atoms in total. The summed E-state index contributed by atoms with van der Waals surface area (Å²) in [6.07, 6.45) is 5.31. The van der Waals surface area contributed by atoms with Crippen molar-refractivity contribution in [3.05, 3.63) is 112 Å². The summed E-state index contributed by atoms with van der Waals surface area (Å²) in [7, 11) is 0. The Labute approximate surface area is 286 Å². The minimum Gasteiger partial charge on any atom is -0.493 e. The third kappa shape index (κ3) is 8.00. The minimum absolute atomic E-state index is 0.240. The third-order valence-electron chi connectivity index (χ3n) is 8.61. The number of anilines is 3. The first-order chi connectivity index (χ1) is 23.4. The molecule has 2 aromatic heterocycles. The molecule has 1 aliphatic rings. The Balaban J connectivity index is 1.26. The normalized spacial score (nSPS) is 14.0. The maximum atomic E-state index is 13.2. The van der Waals surface area contributed by atoms with Crippen molar-refractivity contribution in [2.24, 2.45) is 0 Å². The van der Waals surface area contributed by atoms with Crippen LogP contribution in [0.1, 0.15) is 59.7 Å². The van der Waals surface area contributed by atoms with Crippen molar-refractivity contribution in [2.45, 2.75) is 52.5 Å². The summed E-state index contributed by atoms with van der Waals surface area (Å²) in [6.45, 7) is 10.1. The quantitative estimate of drug-likeness (QED) is 0.128. The fourth-order valence-corrected chi connectivity index (χ4v) is 7.34. The topological polar surface area (TPSA) is 104 Å². The fourth-order valence-electron chi connectivity index (χ4n) is 6.49. The number of amides is 1. The average molecular weight is 663 g/mol. The number of hydrogen-bond donors (Lipinski definition) is 2. The Bertz CT molecular complexity index is 1820. The number of aryl methyl sites for hydroxylation is 3. The number of nitrogens with zero attached hydrogens (tertiary/aromatic N) is 5. The molecule has 5 aromatic rings. The molecule has 1 saturated heterocycles. The van der Waals surface area contributed by atoms with Crippen LogP contribution in [0.3, 0.4) is 0 Å². The van der Waals surface area contributed by atoms with E-state index in [2.05, 4.69) is 27.3 Å². The number of nitrogens with one attached hydrogen (secondary N) is 1. The van der Waals surface area contributed by atoms with Gasteiger partial charge in [0.05, 0.1) is 12.3 Å². The molecular formula is C38H42N6O3S. The van der Waals surface area contributed by atoms with Crippen LogP contribution in [0.25, 0.3) is 10.6 Å². The molecule has 0 saturated carbocycles. The Morgan fingerprint density at radius 1 is 0.979 bits per heavy atom. The van der Waals surface area contributed by atoms with Gasteiger partial charge in [-0.1, -0.05) is 60.5 Å². The maximum absolute atomic E-state index is 13.2. The number of benzene rings is 3. The predicted octanol–water partition coefficient (Wildman–Crippen LogP) is 8.80. The van der Waals surface area contributed by atoms with Crippen LogP contribution in [-0.4, -0.2) is 57.3 Å². The highest BCUT2D eigenvalue weighted by molar-refractivity contribution is 7.13. The summed E-state index contributed by atoms with van der Waals surface area (Å²) in [6, 6.07) is 22.6. The number of carboxylic acid groups (broad SMARTS) is 1. The lowest BCUT2D eigenvalue weighted by Crippen LogP contribution is -2.36. The molecule has 248 valence electrons. The lowest BCUT2D eigenvalue weighted by atomic mass is 9.91. The monoisotopic (exact) mass is 662 g/mol. The van der Waals surface area contributed by atoms with E-state index in [9.17, 15) is 9.90 Å². The van der Waals surface area contributed by atoms with Gasteiger partial charge < -0.3 is 20.1 Å². The van der Waals surface area contributed by atoms with Gasteiger partial charge in [0.15, 0.2) is 0 Å². The van der Waals surface area contributed by atoms with Crippen LogP contribution in [0.4, 0.5) is 22.2 Å². The van der Waals surface area contributed by atoms with Gasteiger partial charge in [-0.25, -0.2) is 19.7 Å². The Kier molecular flexibility index (Phi) is 10.6. The molecule has 1 atom stereocenters. The largest absolute Gasteiger partial charge is 0.493 e. The van der Waals surface area contributed by atoms with Gasteiger partial charge in [-0.2, -0.15) is 4.98 Å². The van der Waals surface area contributed by atoms with Crippen LogP contribution in [0, 0.1) is 20.8 Å². The van der Waals surface area contributed by atoms with E-state index in [1.807, 2.05) is 80.7 Å². The van der Waals surface area contributed by atoms with E-state index >= 15 is 0 Å². The van der Waals surface area contributed by atoms with Gasteiger partial charge in [-0.3, -0.25) is 0 Å². The zero-order valence-electron chi connectivity index (χ0n) is 27.7. The second kappa shape index (κ2) is 15.4. The molecule has 0 radical (unpaired) electrons. The van der Waals surface area contributed by atoms with Crippen LogP contribution in [-0.2, 0) is 0 Å². The van der Waals surface area contributed by atoms with E-state index in [1.54, 1.807) is 12.3 Å². The number of hydrogen-bond acceptors (Lipinski definition) is 8. The highest BCUT2D eigenvalue weighted by Crippen LogP contribution is 2.38. The summed E-state index contributed by atoms with van der Waals surface area (Å²) >= 11 is 1.50. The van der Waals surface area contributed by atoms with Crippen LogP contribution in [0.5, 0.6) is 5.75 Å². The Hall–Kier alpha value is -4.80. The number of rotatable bonds is 12. The number of likely N-dealkylation sites (tertiary alicyclic amines) is 1. The first kappa shape index (κ1) is 33.1. The van der Waals surface area contributed by atoms with Gasteiger partial charge >= 0.3 is 6.09 Å². The van der Waals surface area contributed by atoms with Crippen LogP contribution in [0.15, 0.2) is 84.4 Å². The van der Waals surface area contributed by atoms with Gasteiger partial charge in [-0.05, 0) is 88.0 Å². The van der Waals surface area contributed by atoms with E-state index in [0.29, 0.717) is 12.3 Å². The predicted molar refractivity (Wildman–Crippen MR) is 193 cm³/mol. The fraction of sp³-hybridized carbons (Fsp3) is 0.316. The molecular weight excluding hydrogens is 621 g/mol. The highest BCUT2D eigenvalue weighted by atomic mass is 32.1. The lowest BCUT2D eigenvalue weighted by molar-refractivity contribution is 0.199. The van der Waals surface area contributed by atoms with Gasteiger partial charge in [0.25, 0.3) is 0 Å². The van der Waals surface area contributed by atoms with Crippen molar-refractivity contribution >= 4 is 34.9 Å². The van der Waals surface area contributed by atoms with E-state index in [4.69, 9.17) is 14.7 Å². The van der Waals surface area contributed by atoms with Crippen molar-refractivity contribution in [1.82, 2.24) is 19.9 Å². The van der Waals surface area contributed by atoms with Gasteiger partial charge in [0.2, 0.25) is 5.95 Å². The standard InChI is InChI=1S/C38H42N6O3S/c1-26-22-27(2)34(28(3)23-26)35(32-25-48-36(41-32)29-12-6-4-7-13-29)44(38(45)46)33-16-17-39-37(42-33)40-30-14-10-15-31(24-30)47-21-11-20-43-18-8-5-9-19-43/h4,6-7,10,12-17,22-25,35H,5,8-9,11,18-21H2,1-3H3,(H,45,46)(H,39,40,42). The molecule has 6 rings (SSSR count). The molecule has 0 aliphatic carbocycles. The van der Waals surface area contributed by atoms with E-state index < -0.39 is 12.1 Å². The molecule has 48 heavy (non-hydrogen) atoms. The minimum atomic E-state index is -1.14. The summed E-state index contributed by atoms with van der Waals surface area (Å²) in [5.41, 5.74) is 6.32. The molecule has 3 heterocycles. The third-order valence-corrected chi connectivity index (χ3v) is 9.52. The van der Waals surface area contributed by atoms with E-state index in [1.165, 1.54) is 48.6 Å². The SMILES string of the molecule is Cc1cc(C)c(C(c2csc(-c3ccccc3)n2)N(C(=O)O)c2ccnc(Nc3cccc(OCCCN4CCCCC4)c3)n2)c(C)c1.